The van der Waals surface area contributed by atoms with Gasteiger partial charge in [0.2, 0.25) is 5.91 Å². The summed E-state index contributed by atoms with van der Waals surface area (Å²) in [5, 5.41) is 14.0. The van der Waals surface area contributed by atoms with Crippen molar-refractivity contribution in [3.05, 3.63) is 85.1 Å². The lowest BCUT2D eigenvalue weighted by molar-refractivity contribution is -0.870. The number of unbranched alkanes of at least 4 members (excludes halogenated alkanes) is 42. The first-order valence-corrected chi connectivity index (χ1v) is 38.0. The second kappa shape index (κ2) is 66.1. The van der Waals surface area contributed by atoms with Crippen molar-refractivity contribution >= 4 is 13.7 Å². The van der Waals surface area contributed by atoms with Crippen LogP contribution in [0.5, 0.6) is 0 Å². The number of carbonyl (C=O) groups excluding carboxylic acids is 1. The Labute approximate surface area is 528 Å². The molecule has 0 aliphatic heterocycles. The lowest BCUT2D eigenvalue weighted by Crippen LogP contribution is -2.45. The third-order valence-electron chi connectivity index (χ3n) is 16.4. The maximum atomic E-state index is 13.1. The Balaban J connectivity index is 4.06. The molecule has 3 unspecified atom stereocenters. The Morgan fingerprint density at radius 1 is 0.412 bits per heavy atom. The number of hydrogen-bond donors (Lipinski definition) is 3. The highest BCUT2D eigenvalue weighted by molar-refractivity contribution is 7.47. The first-order valence-electron chi connectivity index (χ1n) is 36.5. The van der Waals surface area contributed by atoms with Crippen LogP contribution < -0.4 is 5.32 Å². The summed E-state index contributed by atoms with van der Waals surface area (Å²) in [6.45, 7) is 4.74. The summed E-state index contributed by atoms with van der Waals surface area (Å²) in [5.74, 6) is -0.178. The Hall–Kier alpha value is -2.32. The quantitative estimate of drug-likeness (QED) is 0.0243. The predicted octanol–water partition coefficient (Wildman–Crippen LogP) is 23.5. The Morgan fingerprint density at radius 2 is 0.706 bits per heavy atom. The van der Waals surface area contributed by atoms with Gasteiger partial charge in [0.15, 0.2) is 0 Å². The van der Waals surface area contributed by atoms with Gasteiger partial charge in [0.05, 0.1) is 39.9 Å². The zero-order valence-corrected chi connectivity index (χ0v) is 57.7. The number of nitrogens with zero attached hydrogens (tertiary/aromatic N) is 1. The van der Waals surface area contributed by atoms with Crippen LogP contribution in [-0.4, -0.2) is 73.4 Å². The third kappa shape index (κ3) is 69.0. The van der Waals surface area contributed by atoms with E-state index in [4.69, 9.17) is 9.05 Å². The molecule has 0 saturated heterocycles. The molecule has 3 atom stereocenters. The predicted molar refractivity (Wildman–Crippen MR) is 373 cm³/mol. The van der Waals surface area contributed by atoms with Gasteiger partial charge in [0.1, 0.15) is 13.2 Å². The van der Waals surface area contributed by atoms with Gasteiger partial charge in [-0.25, -0.2) is 4.57 Å². The minimum absolute atomic E-state index is 0.0588. The fourth-order valence-electron chi connectivity index (χ4n) is 10.8. The van der Waals surface area contributed by atoms with Crippen molar-refractivity contribution in [2.75, 3.05) is 40.9 Å². The number of phosphoric ester groups is 1. The average Bonchev–Trinajstić information content (AvgIpc) is 3.49. The zero-order chi connectivity index (χ0) is 61.9. The zero-order valence-electron chi connectivity index (χ0n) is 56.8. The lowest BCUT2D eigenvalue weighted by Gasteiger charge is -2.25. The van der Waals surface area contributed by atoms with Gasteiger partial charge >= 0.3 is 7.82 Å². The highest BCUT2D eigenvalue weighted by Crippen LogP contribution is 2.43. The van der Waals surface area contributed by atoms with Crippen LogP contribution in [0.3, 0.4) is 0 Å². The van der Waals surface area contributed by atoms with Gasteiger partial charge in [-0.05, 0) is 70.6 Å². The molecule has 85 heavy (non-hydrogen) atoms. The van der Waals surface area contributed by atoms with Crippen LogP contribution in [0.2, 0.25) is 0 Å². The second-order valence-corrected chi connectivity index (χ2v) is 27.4. The van der Waals surface area contributed by atoms with Gasteiger partial charge in [0, 0.05) is 6.42 Å². The lowest BCUT2D eigenvalue weighted by atomic mass is 10.0. The minimum atomic E-state index is -4.36. The molecule has 8 nitrogen and oxygen atoms in total. The van der Waals surface area contributed by atoms with Crippen LogP contribution >= 0.6 is 7.82 Å². The van der Waals surface area contributed by atoms with E-state index in [1.54, 1.807) is 6.08 Å². The number of quaternary nitrogens is 1. The van der Waals surface area contributed by atoms with Crippen LogP contribution in [0, 0.1) is 0 Å². The maximum absolute atomic E-state index is 13.1. The fourth-order valence-corrected chi connectivity index (χ4v) is 11.5. The first-order chi connectivity index (χ1) is 41.5. The van der Waals surface area contributed by atoms with Crippen LogP contribution in [0.15, 0.2) is 85.1 Å². The number of nitrogens with one attached hydrogen (secondary N) is 1. The van der Waals surface area contributed by atoms with Crippen LogP contribution in [0.4, 0.5) is 0 Å². The second-order valence-electron chi connectivity index (χ2n) is 25.9. The molecular weight excluding hydrogens is 1070 g/mol. The highest BCUT2D eigenvalue weighted by atomic mass is 31.2. The van der Waals surface area contributed by atoms with Gasteiger partial charge in [-0.2, -0.15) is 0 Å². The number of carbonyl (C=O) groups is 1. The van der Waals surface area contributed by atoms with E-state index in [0.717, 1.165) is 77.0 Å². The van der Waals surface area contributed by atoms with E-state index in [9.17, 15) is 19.4 Å². The number of likely N-dealkylation sites (N-methyl/N-ethyl adjacent to an activating group) is 1. The Kier molecular flexibility index (Phi) is 64.3. The van der Waals surface area contributed by atoms with E-state index in [2.05, 4.69) is 92.1 Å². The van der Waals surface area contributed by atoms with E-state index in [1.165, 1.54) is 244 Å². The largest absolute Gasteiger partial charge is 0.472 e. The van der Waals surface area contributed by atoms with Crippen LogP contribution in [0.25, 0.3) is 0 Å². The molecule has 0 heterocycles. The summed E-state index contributed by atoms with van der Waals surface area (Å²) in [6, 6.07) is -0.854. The molecule has 1 amide bonds. The van der Waals surface area contributed by atoms with Crippen molar-refractivity contribution in [2.24, 2.45) is 0 Å². The van der Waals surface area contributed by atoms with Crippen molar-refractivity contribution in [1.82, 2.24) is 5.32 Å². The van der Waals surface area contributed by atoms with Gasteiger partial charge in [-0.3, -0.25) is 13.8 Å². The molecule has 496 valence electrons. The monoisotopic (exact) mass is 1210 g/mol. The minimum Gasteiger partial charge on any atom is -0.387 e. The molecule has 0 aromatic carbocycles. The van der Waals surface area contributed by atoms with Crippen molar-refractivity contribution in [1.29, 1.82) is 0 Å². The molecule has 0 saturated carbocycles. The van der Waals surface area contributed by atoms with Gasteiger partial charge in [0.25, 0.3) is 0 Å². The van der Waals surface area contributed by atoms with E-state index >= 15 is 0 Å². The Bertz CT molecular complexity index is 1660. The van der Waals surface area contributed by atoms with E-state index in [-0.39, 0.29) is 19.1 Å². The molecular formula is C76H142N2O6P+. The first kappa shape index (κ1) is 82.7. The molecule has 9 heteroatoms. The van der Waals surface area contributed by atoms with Crippen molar-refractivity contribution in [2.45, 2.75) is 353 Å². The van der Waals surface area contributed by atoms with Gasteiger partial charge in [-0.15, -0.1) is 0 Å². The number of phosphoric acid groups is 1. The summed E-state index contributed by atoms with van der Waals surface area (Å²) < 4.78 is 23.8. The molecule has 0 aromatic heterocycles. The van der Waals surface area contributed by atoms with Crippen LogP contribution in [-0.2, 0) is 18.4 Å². The summed E-state index contributed by atoms with van der Waals surface area (Å²) in [7, 11) is 1.57. The highest BCUT2D eigenvalue weighted by Gasteiger charge is 2.28. The maximum Gasteiger partial charge on any atom is 0.472 e. The number of amides is 1. The SMILES string of the molecule is CC/C=C\C/C=C\C/C=C\C/C=C\C/C=C\C/C=C\CCCCCCCCCCCCCCC(=O)NC(COP(=O)(O)OCC[N+](C)(C)C)C(O)/C=C/CCCCCCCCCCCCCCCCCCCCCCCCCCCCCCCC. The fraction of sp³-hybridized carbons (Fsp3) is 0.803. The molecule has 0 radical (unpaired) electrons. The molecule has 0 aliphatic rings. The summed E-state index contributed by atoms with van der Waals surface area (Å²) in [6.07, 6.45) is 94.5. The summed E-state index contributed by atoms with van der Waals surface area (Å²) in [4.78, 5) is 23.5. The van der Waals surface area contributed by atoms with Crippen molar-refractivity contribution in [3.8, 4) is 0 Å². The standard InChI is InChI=1S/C76H141N2O6P/c1-6-8-10-12-14-16-18-20-22-24-26-28-30-32-34-36-38-40-41-43-45-47-49-51-53-55-57-59-61-63-65-67-69-75(79)74(73-84-85(81,82)83-72-71-78(3,4)5)77-76(80)70-68-66-64-62-60-58-56-54-52-50-48-46-44-42-39-37-35-33-31-29-27-25-23-21-19-17-15-13-11-9-7-2/h9,11,15,17,21,23,27,29,33,35,39,42,67,69,74-75,79H,6-8,10,12-14,16,18-20,22,24-26,28,30-32,34,36-38,40-41,43-66,68,70-73H2,1-5H3,(H-,77,80,81,82)/p+1/b11-9-,17-15-,23-21-,29-27-,35-33-,42-39-,69-67+. The smallest absolute Gasteiger partial charge is 0.387 e. The average molecular weight is 1210 g/mol. The normalized spacial score (nSPS) is 14.1. The molecule has 3 N–H and O–H groups in total. The molecule has 0 aliphatic carbocycles. The summed E-state index contributed by atoms with van der Waals surface area (Å²) in [5.41, 5.74) is 0. The molecule has 0 rings (SSSR count). The van der Waals surface area contributed by atoms with Crippen molar-refractivity contribution < 1.29 is 32.9 Å². The third-order valence-corrected chi connectivity index (χ3v) is 17.4. The number of aliphatic hydroxyl groups excluding tert-OH is 1. The molecule has 0 bridgehead atoms. The number of hydrogen-bond acceptors (Lipinski definition) is 5. The van der Waals surface area contributed by atoms with Gasteiger partial charge < -0.3 is 19.8 Å². The van der Waals surface area contributed by atoms with Crippen molar-refractivity contribution in [3.63, 3.8) is 0 Å². The van der Waals surface area contributed by atoms with E-state index < -0.39 is 20.0 Å². The number of aliphatic hydroxyl groups is 1. The molecule has 0 aromatic rings. The Morgan fingerprint density at radius 3 is 1.04 bits per heavy atom. The number of allylic oxidation sites excluding steroid dienone is 13. The molecule has 0 fully saturated rings. The summed E-state index contributed by atoms with van der Waals surface area (Å²) >= 11 is 0. The van der Waals surface area contributed by atoms with E-state index in [0.29, 0.717) is 17.4 Å². The van der Waals surface area contributed by atoms with E-state index in [1.807, 2.05) is 27.2 Å². The molecule has 0 spiro atoms. The van der Waals surface area contributed by atoms with Crippen LogP contribution in [0.1, 0.15) is 341 Å². The van der Waals surface area contributed by atoms with Gasteiger partial charge in [-0.1, -0.05) is 349 Å². The number of rotatable bonds is 67. The topological polar surface area (TPSA) is 105 Å².